The molecule has 1 aliphatic rings. The summed E-state index contributed by atoms with van der Waals surface area (Å²) in [6.07, 6.45) is 2.73. The third-order valence-electron chi connectivity index (χ3n) is 3.15. The zero-order chi connectivity index (χ0) is 14.6. The van der Waals surface area contributed by atoms with Crippen LogP contribution in [0.4, 0.5) is 0 Å². The molecule has 1 fully saturated rings. The quantitative estimate of drug-likeness (QED) is 0.793. The first-order valence-electron chi connectivity index (χ1n) is 6.44. The van der Waals surface area contributed by atoms with E-state index in [1.165, 1.54) is 24.3 Å². The average Bonchev–Trinajstić information content (AvgIpc) is 2.34. The van der Waals surface area contributed by atoms with Crippen LogP contribution in [-0.4, -0.2) is 32.1 Å². The Labute approximate surface area is 117 Å². The zero-order valence-corrected chi connectivity index (χ0v) is 11.7. The minimum absolute atomic E-state index is 0.0477. The Balaban J connectivity index is 1.94. The molecule has 0 spiro atoms. The van der Waals surface area contributed by atoms with E-state index < -0.39 is 16.0 Å². The maximum absolute atomic E-state index is 12.0. The molecule has 20 heavy (non-hydrogen) atoms. The van der Waals surface area contributed by atoms with Crippen LogP contribution in [0.15, 0.2) is 29.2 Å². The molecule has 2 N–H and O–H groups in total. The van der Waals surface area contributed by atoms with Gasteiger partial charge in [-0.2, -0.15) is 0 Å². The van der Waals surface area contributed by atoms with Crippen LogP contribution in [0.5, 0.6) is 5.75 Å². The summed E-state index contributed by atoms with van der Waals surface area (Å²) in [5, 5.41) is 8.49. The van der Waals surface area contributed by atoms with E-state index in [2.05, 4.69) is 4.72 Å². The molecule has 0 unspecified atom stereocenters. The van der Waals surface area contributed by atoms with Crippen molar-refractivity contribution in [3.63, 3.8) is 0 Å². The second kappa shape index (κ2) is 6.23. The van der Waals surface area contributed by atoms with Crippen molar-refractivity contribution in [2.45, 2.75) is 36.6 Å². The zero-order valence-electron chi connectivity index (χ0n) is 10.9. The van der Waals surface area contributed by atoms with Gasteiger partial charge in [0.05, 0.1) is 17.9 Å². The highest BCUT2D eigenvalue weighted by Gasteiger charge is 2.24. The van der Waals surface area contributed by atoms with Crippen molar-refractivity contribution < 1.29 is 23.1 Å². The topological polar surface area (TPSA) is 92.7 Å². The third kappa shape index (κ3) is 3.94. The number of benzene rings is 1. The van der Waals surface area contributed by atoms with Gasteiger partial charge in [0, 0.05) is 6.04 Å². The molecule has 6 nitrogen and oxygen atoms in total. The summed E-state index contributed by atoms with van der Waals surface area (Å²) in [7, 11) is -3.47. The second-order valence-electron chi connectivity index (χ2n) is 4.71. The number of aliphatic carboxylic acids is 1. The van der Waals surface area contributed by atoms with Gasteiger partial charge in [-0.3, -0.25) is 4.79 Å². The van der Waals surface area contributed by atoms with Crippen LogP contribution >= 0.6 is 0 Å². The van der Waals surface area contributed by atoms with E-state index in [-0.39, 0.29) is 24.0 Å². The van der Waals surface area contributed by atoms with Crippen molar-refractivity contribution in [2.75, 3.05) is 6.61 Å². The Morgan fingerprint density at radius 1 is 1.30 bits per heavy atom. The van der Waals surface area contributed by atoms with Crippen molar-refractivity contribution >= 4 is 16.0 Å². The third-order valence-corrected chi connectivity index (χ3v) is 4.68. The Morgan fingerprint density at radius 2 is 1.95 bits per heavy atom. The fourth-order valence-electron chi connectivity index (χ4n) is 1.78. The van der Waals surface area contributed by atoms with E-state index in [0.29, 0.717) is 5.75 Å². The van der Waals surface area contributed by atoms with Crippen LogP contribution in [0.2, 0.25) is 0 Å². The lowest BCUT2D eigenvalue weighted by Gasteiger charge is -2.26. The molecule has 0 atom stereocenters. The van der Waals surface area contributed by atoms with Gasteiger partial charge in [0.15, 0.2) is 0 Å². The lowest BCUT2D eigenvalue weighted by Crippen LogP contribution is -2.39. The Kier molecular flexibility index (Phi) is 4.61. The summed E-state index contributed by atoms with van der Waals surface area (Å²) in [4.78, 5) is 10.5. The van der Waals surface area contributed by atoms with Gasteiger partial charge < -0.3 is 9.84 Å². The van der Waals surface area contributed by atoms with E-state index >= 15 is 0 Å². The van der Waals surface area contributed by atoms with Crippen LogP contribution in [0.3, 0.4) is 0 Å². The Morgan fingerprint density at radius 3 is 2.45 bits per heavy atom. The monoisotopic (exact) mass is 299 g/mol. The number of carboxylic acid groups (broad SMARTS) is 1. The number of rotatable bonds is 7. The summed E-state index contributed by atoms with van der Waals surface area (Å²) in [5.74, 6) is -0.484. The summed E-state index contributed by atoms with van der Waals surface area (Å²) in [6.45, 7) is 0.0573. The second-order valence-corrected chi connectivity index (χ2v) is 6.43. The van der Waals surface area contributed by atoms with Gasteiger partial charge in [-0.25, -0.2) is 13.1 Å². The van der Waals surface area contributed by atoms with E-state index in [0.717, 1.165) is 19.3 Å². The minimum Gasteiger partial charge on any atom is -0.493 e. The molecule has 2 rings (SSSR count). The molecule has 0 aliphatic heterocycles. The highest BCUT2D eigenvalue weighted by Crippen LogP contribution is 2.22. The van der Waals surface area contributed by atoms with E-state index in [1.807, 2.05) is 0 Å². The predicted molar refractivity (Wildman–Crippen MR) is 72.2 cm³/mol. The van der Waals surface area contributed by atoms with Gasteiger partial charge in [0.2, 0.25) is 10.0 Å². The van der Waals surface area contributed by atoms with Crippen molar-refractivity contribution in [3.05, 3.63) is 24.3 Å². The van der Waals surface area contributed by atoms with Crippen LogP contribution in [0, 0.1) is 0 Å². The summed E-state index contributed by atoms with van der Waals surface area (Å²) < 4.78 is 31.9. The summed E-state index contributed by atoms with van der Waals surface area (Å²) >= 11 is 0. The Bertz CT molecular complexity index is 563. The molecule has 0 heterocycles. The first kappa shape index (κ1) is 14.8. The molecular formula is C13H17NO5S. The van der Waals surface area contributed by atoms with Gasteiger partial charge in [-0.1, -0.05) is 6.42 Å². The number of carbonyl (C=O) groups is 1. The molecular weight excluding hydrogens is 282 g/mol. The molecule has 0 bridgehead atoms. The number of hydrogen-bond acceptors (Lipinski definition) is 4. The normalized spacial score (nSPS) is 15.6. The molecule has 110 valence electrons. The number of ether oxygens (including phenoxy) is 1. The molecule has 1 aromatic rings. The minimum atomic E-state index is -3.47. The predicted octanol–water partition coefficient (Wildman–Crippen LogP) is 1.37. The van der Waals surface area contributed by atoms with E-state index in [4.69, 9.17) is 9.84 Å². The van der Waals surface area contributed by atoms with E-state index in [1.54, 1.807) is 0 Å². The van der Waals surface area contributed by atoms with Crippen molar-refractivity contribution in [2.24, 2.45) is 0 Å². The number of carboxylic acids is 1. The summed E-state index contributed by atoms with van der Waals surface area (Å²) in [5.41, 5.74) is 0. The van der Waals surface area contributed by atoms with Crippen LogP contribution in [0.1, 0.15) is 25.7 Å². The largest absolute Gasteiger partial charge is 0.493 e. The molecule has 7 heteroatoms. The van der Waals surface area contributed by atoms with Crippen LogP contribution in [0.25, 0.3) is 0 Å². The number of hydrogen-bond donors (Lipinski definition) is 2. The lowest BCUT2D eigenvalue weighted by molar-refractivity contribution is -0.137. The van der Waals surface area contributed by atoms with Gasteiger partial charge in [0.1, 0.15) is 5.75 Å². The smallest absolute Gasteiger partial charge is 0.306 e. The van der Waals surface area contributed by atoms with Gasteiger partial charge in [-0.05, 0) is 37.1 Å². The van der Waals surface area contributed by atoms with Crippen LogP contribution in [-0.2, 0) is 14.8 Å². The number of sulfonamides is 1. The molecule has 1 aliphatic carbocycles. The molecule has 0 saturated heterocycles. The first-order valence-corrected chi connectivity index (χ1v) is 7.93. The van der Waals surface area contributed by atoms with E-state index in [9.17, 15) is 13.2 Å². The van der Waals surface area contributed by atoms with Crippen LogP contribution < -0.4 is 9.46 Å². The van der Waals surface area contributed by atoms with Crippen molar-refractivity contribution in [1.82, 2.24) is 4.72 Å². The molecule has 0 aromatic heterocycles. The SMILES string of the molecule is O=C(O)CCOc1ccc(S(=O)(=O)NC2CCC2)cc1. The maximum Gasteiger partial charge on any atom is 0.306 e. The fraction of sp³-hybridized carbons (Fsp3) is 0.462. The van der Waals surface area contributed by atoms with Gasteiger partial charge in [0.25, 0.3) is 0 Å². The average molecular weight is 299 g/mol. The maximum atomic E-state index is 12.0. The van der Waals surface area contributed by atoms with Crippen molar-refractivity contribution in [1.29, 1.82) is 0 Å². The first-order chi connectivity index (χ1) is 9.47. The highest BCUT2D eigenvalue weighted by atomic mass is 32.2. The standard InChI is InChI=1S/C13H17NO5S/c15-13(16)8-9-19-11-4-6-12(7-5-11)20(17,18)14-10-2-1-3-10/h4-7,10,14H,1-3,8-9H2,(H,15,16). The van der Waals surface area contributed by atoms with Crippen molar-refractivity contribution in [3.8, 4) is 5.75 Å². The van der Waals surface area contributed by atoms with Gasteiger partial charge >= 0.3 is 5.97 Å². The molecule has 0 radical (unpaired) electrons. The molecule has 1 saturated carbocycles. The Hall–Kier alpha value is -1.60. The summed E-state index contributed by atoms with van der Waals surface area (Å²) in [6, 6.07) is 6.01. The van der Waals surface area contributed by atoms with Gasteiger partial charge in [-0.15, -0.1) is 0 Å². The lowest BCUT2D eigenvalue weighted by atomic mass is 9.94. The molecule has 1 aromatic carbocycles. The molecule has 0 amide bonds. The fourth-order valence-corrected chi connectivity index (χ4v) is 3.09. The number of nitrogens with one attached hydrogen (secondary N) is 1. The highest BCUT2D eigenvalue weighted by molar-refractivity contribution is 7.89.